The zero-order valence-corrected chi connectivity index (χ0v) is 15.9. The van der Waals surface area contributed by atoms with Crippen molar-refractivity contribution in [3.05, 3.63) is 59.7 Å². The molecule has 0 saturated carbocycles. The number of hydrogen-bond acceptors (Lipinski definition) is 4. The number of ether oxygens (including phenoxy) is 1. The minimum atomic E-state index is 0.654. The van der Waals surface area contributed by atoms with Gasteiger partial charge in [0.15, 0.2) is 5.96 Å². The van der Waals surface area contributed by atoms with E-state index in [2.05, 4.69) is 38.3 Å². The van der Waals surface area contributed by atoms with E-state index < -0.39 is 0 Å². The fraction of sp³-hybridized carbons (Fsp3) is 0.333. The fourth-order valence-electron chi connectivity index (χ4n) is 3.23. The Morgan fingerprint density at radius 3 is 2.52 bits per heavy atom. The number of rotatable bonds is 4. The van der Waals surface area contributed by atoms with Crippen LogP contribution in [0.2, 0.25) is 0 Å². The molecule has 0 amide bonds. The number of piperazine rings is 1. The van der Waals surface area contributed by atoms with Crippen LogP contribution in [0.25, 0.3) is 0 Å². The van der Waals surface area contributed by atoms with Gasteiger partial charge in [0, 0.05) is 45.5 Å². The van der Waals surface area contributed by atoms with Crippen molar-refractivity contribution in [2.75, 3.05) is 45.2 Å². The quantitative estimate of drug-likeness (QED) is 0.668. The van der Waals surface area contributed by atoms with Gasteiger partial charge in [0.1, 0.15) is 5.75 Å². The van der Waals surface area contributed by atoms with Gasteiger partial charge in [-0.25, -0.2) is 0 Å². The molecule has 6 heteroatoms. The summed E-state index contributed by atoms with van der Waals surface area (Å²) in [6.45, 7) is 4.35. The average Bonchev–Trinajstić information content (AvgIpc) is 2.75. The fourth-order valence-corrected chi connectivity index (χ4v) is 3.23. The number of benzene rings is 2. The third kappa shape index (κ3) is 4.70. The molecule has 1 aliphatic heterocycles. The predicted octanol–water partition coefficient (Wildman–Crippen LogP) is 2.46. The summed E-state index contributed by atoms with van der Waals surface area (Å²) in [6.07, 6.45) is 0. The van der Waals surface area contributed by atoms with E-state index in [1.165, 1.54) is 5.69 Å². The lowest BCUT2D eigenvalue weighted by Gasteiger charge is -2.37. The van der Waals surface area contributed by atoms with E-state index in [9.17, 15) is 0 Å². The van der Waals surface area contributed by atoms with Gasteiger partial charge in [0.2, 0.25) is 0 Å². The molecule has 0 radical (unpaired) electrons. The first kappa shape index (κ1) is 18.6. The van der Waals surface area contributed by atoms with Crippen molar-refractivity contribution in [1.82, 2.24) is 10.2 Å². The minimum Gasteiger partial charge on any atom is -0.497 e. The zero-order chi connectivity index (χ0) is 19.1. The van der Waals surface area contributed by atoms with Gasteiger partial charge in [-0.05, 0) is 42.0 Å². The van der Waals surface area contributed by atoms with Crippen LogP contribution in [-0.2, 0) is 6.54 Å². The number of aliphatic imine (C=N–C) groups is 1. The molecule has 1 fully saturated rings. The van der Waals surface area contributed by atoms with Crippen LogP contribution < -0.4 is 15.0 Å². The zero-order valence-electron chi connectivity index (χ0n) is 15.9. The Labute approximate surface area is 160 Å². The third-order valence-electron chi connectivity index (χ3n) is 4.74. The summed E-state index contributed by atoms with van der Waals surface area (Å²) in [7, 11) is 3.49. The number of nitriles is 1. The number of methoxy groups -OCH3 is 1. The van der Waals surface area contributed by atoms with Crippen molar-refractivity contribution < 1.29 is 4.74 Å². The third-order valence-corrected chi connectivity index (χ3v) is 4.74. The SMILES string of the molecule is CN=C(NCc1cccc(C#N)c1)N1CCN(c2ccc(OC)cc2)CC1. The second-order valence-corrected chi connectivity index (χ2v) is 6.39. The van der Waals surface area contributed by atoms with Gasteiger partial charge in [0.05, 0.1) is 18.7 Å². The van der Waals surface area contributed by atoms with Gasteiger partial charge in [-0.3, -0.25) is 4.99 Å². The molecule has 3 rings (SSSR count). The highest BCUT2D eigenvalue weighted by atomic mass is 16.5. The van der Waals surface area contributed by atoms with Crippen LogP contribution in [0.1, 0.15) is 11.1 Å². The highest BCUT2D eigenvalue weighted by molar-refractivity contribution is 5.80. The summed E-state index contributed by atoms with van der Waals surface area (Å²) >= 11 is 0. The molecule has 0 aromatic heterocycles. The van der Waals surface area contributed by atoms with Crippen LogP contribution in [0.4, 0.5) is 5.69 Å². The van der Waals surface area contributed by atoms with Crippen LogP contribution >= 0.6 is 0 Å². The first-order valence-electron chi connectivity index (χ1n) is 9.07. The van der Waals surface area contributed by atoms with Crippen molar-refractivity contribution in [1.29, 1.82) is 5.26 Å². The number of nitrogens with one attached hydrogen (secondary N) is 1. The number of hydrogen-bond donors (Lipinski definition) is 1. The maximum Gasteiger partial charge on any atom is 0.194 e. The standard InChI is InChI=1S/C21H25N5O/c1-23-21(24-16-18-5-3-4-17(14-18)15-22)26-12-10-25(11-13-26)19-6-8-20(27-2)9-7-19/h3-9,14H,10-13,16H2,1-2H3,(H,23,24). The second kappa shape index (κ2) is 8.95. The Balaban J connectivity index is 1.54. The smallest absolute Gasteiger partial charge is 0.194 e. The molecule has 1 N–H and O–H groups in total. The Kier molecular flexibility index (Phi) is 6.16. The summed E-state index contributed by atoms with van der Waals surface area (Å²) in [5, 5.41) is 12.4. The number of guanidine groups is 1. The lowest BCUT2D eigenvalue weighted by Crippen LogP contribution is -2.52. The van der Waals surface area contributed by atoms with Crippen LogP contribution in [0.3, 0.4) is 0 Å². The van der Waals surface area contributed by atoms with E-state index in [1.54, 1.807) is 7.11 Å². The van der Waals surface area contributed by atoms with Gasteiger partial charge in [-0.1, -0.05) is 12.1 Å². The Hall–Kier alpha value is -3.20. The molecule has 6 nitrogen and oxygen atoms in total. The molecule has 1 heterocycles. The first-order chi connectivity index (χ1) is 13.2. The molecule has 0 bridgehead atoms. The lowest BCUT2D eigenvalue weighted by molar-refractivity contribution is 0.372. The van der Waals surface area contributed by atoms with E-state index >= 15 is 0 Å². The van der Waals surface area contributed by atoms with Gasteiger partial charge in [-0.2, -0.15) is 5.26 Å². The largest absolute Gasteiger partial charge is 0.497 e. The molecule has 0 spiro atoms. The highest BCUT2D eigenvalue weighted by Crippen LogP contribution is 2.20. The summed E-state index contributed by atoms with van der Waals surface area (Å²) in [5.74, 6) is 1.77. The van der Waals surface area contributed by atoms with Crippen molar-refractivity contribution in [3.8, 4) is 11.8 Å². The van der Waals surface area contributed by atoms with Crippen molar-refractivity contribution >= 4 is 11.6 Å². The van der Waals surface area contributed by atoms with E-state index in [1.807, 2.05) is 43.4 Å². The predicted molar refractivity (Wildman–Crippen MR) is 108 cm³/mol. The molecular weight excluding hydrogens is 338 g/mol. The molecule has 0 aliphatic carbocycles. The molecule has 140 valence electrons. The second-order valence-electron chi connectivity index (χ2n) is 6.39. The molecule has 2 aromatic rings. The monoisotopic (exact) mass is 363 g/mol. The maximum absolute atomic E-state index is 9.02. The number of nitrogens with zero attached hydrogens (tertiary/aromatic N) is 4. The van der Waals surface area contributed by atoms with Crippen LogP contribution in [0.15, 0.2) is 53.5 Å². The molecule has 2 aromatic carbocycles. The Bertz CT molecular complexity index is 817. The van der Waals surface area contributed by atoms with Gasteiger partial charge >= 0.3 is 0 Å². The van der Waals surface area contributed by atoms with Crippen LogP contribution in [0.5, 0.6) is 5.75 Å². The summed E-state index contributed by atoms with van der Waals surface area (Å²) < 4.78 is 5.23. The molecule has 0 atom stereocenters. The van der Waals surface area contributed by atoms with E-state index in [-0.39, 0.29) is 0 Å². The van der Waals surface area contributed by atoms with Gasteiger partial charge in [-0.15, -0.1) is 0 Å². The molecule has 0 unspecified atom stereocenters. The highest BCUT2D eigenvalue weighted by Gasteiger charge is 2.19. The Morgan fingerprint density at radius 1 is 1.15 bits per heavy atom. The summed E-state index contributed by atoms with van der Waals surface area (Å²) in [5.41, 5.74) is 2.97. The topological polar surface area (TPSA) is 63.9 Å². The number of anilines is 1. The van der Waals surface area contributed by atoms with Crippen molar-refractivity contribution in [3.63, 3.8) is 0 Å². The minimum absolute atomic E-state index is 0.654. The summed E-state index contributed by atoms with van der Waals surface area (Å²) in [4.78, 5) is 9.07. The van der Waals surface area contributed by atoms with E-state index in [0.29, 0.717) is 12.1 Å². The molecule has 27 heavy (non-hydrogen) atoms. The lowest BCUT2D eigenvalue weighted by atomic mass is 10.1. The maximum atomic E-state index is 9.02. The van der Waals surface area contributed by atoms with Crippen LogP contribution in [0, 0.1) is 11.3 Å². The van der Waals surface area contributed by atoms with Crippen molar-refractivity contribution in [2.45, 2.75) is 6.54 Å². The van der Waals surface area contributed by atoms with Crippen molar-refractivity contribution in [2.24, 2.45) is 4.99 Å². The summed E-state index contributed by atoms with van der Waals surface area (Å²) in [6, 6.07) is 18.0. The van der Waals surface area contributed by atoms with E-state index in [4.69, 9.17) is 10.00 Å². The molecule has 1 saturated heterocycles. The average molecular weight is 363 g/mol. The van der Waals surface area contributed by atoms with Gasteiger partial charge < -0.3 is 19.9 Å². The van der Waals surface area contributed by atoms with E-state index in [0.717, 1.165) is 43.5 Å². The normalized spacial score (nSPS) is 14.6. The van der Waals surface area contributed by atoms with Crippen LogP contribution in [-0.4, -0.2) is 51.2 Å². The molecular formula is C21H25N5O. The first-order valence-corrected chi connectivity index (χ1v) is 9.07. The van der Waals surface area contributed by atoms with Gasteiger partial charge in [0.25, 0.3) is 0 Å². The molecule has 1 aliphatic rings. The Morgan fingerprint density at radius 2 is 1.89 bits per heavy atom.